The molecule has 1 atom stereocenters. The highest BCUT2D eigenvalue weighted by molar-refractivity contribution is 7.07. The van der Waals surface area contributed by atoms with Gasteiger partial charge in [0.1, 0.15) is 0 Å². The predicted octanol–water partition coefficient (Wildman–Crippen LogP) is -0.142. The van der Waals surface area contributed by atoms with E-state index in [0.717, 1.165) is 0 Å². The Labute approximate surface area is 62.9 Å². The Morgan fingerprint density at radius 2 is 2.60 bits per heavy atom. The lowest BCUT2D eigenvalue weighted by atomic mass is 10.4. The van der Waals surface area contributed by atoms with E-state index < -0.39 is 6.23 Å². The molecular formula is C5H9N3OS. The Bertz CT molecular complexity index is 177. The van der Waals surface area contributed by atoms with Crippen LogP contribution < -0.4 is 10.9 Å². The number of aliphatic hydroxyl groups excluding tert-OH is 1. The highest BCUT2D eigenvalue weighted by Crippen LogP contribution is 2.07. The molecule has 3 N–H and O–H groups in total. The van der Waals surface area contributed by atoms with Gasteiger partial charge in [-0.25, -0.2) is 10.4 Å². The number of hydrazine groups is 1. The van der Waals surface area contributed by atoms with Crippen LogP contribution in [-0.2, 0) is 0 Å². The van der Waals surface area contributed by atoms with E-state index in [2.05, 4.69) is 15.8 Å². The van der Waals surface area contributed by atoms with Crippen molar-refractivity contribution in [2.24, 2.45) is 0 Å². The van der Waals surface area contributed by atoms with Gasteiger partial charge in [-0.1, -0.05) is 0 Å². The first kappa shape index (κ1) is 7.62. The second kappa shape index (κ2) is 3.62. The van der Waals surface area contributed by atoms with Crippen LogP contribution in [0.5, 0.6) is 0 Å². The summed E-state index contributed by atoms with van der Waals surface area (Å²) in [5.74, 6) is 0. The van der Waals surface area contributed by atoms with Gasteiger partial charge in [0.15, 0.2) is 6.23 Å². The van der Waals surface area contributed by atoms with Crippen LogP contribution >= 0.6 is 11.3 Å². The molecule has 1 aromatic heterocycles. The maximum absolute atomic E-state index is 9.18. The van der Waals surface area contributed by atoms with Gasteiger partial charge < -0.3 is 5.11 Å². The van der Waals surface area contributed by atoms with Gasteiger partial charge in [-0.05, 0) is 7.05 Å². The van der Waals surface area contributed by atoms with Crippen molar-refractivity contribution >= 4 is 11.3 Å². The molecule has 1 aromatic rings. The minimum absolute atomic E-state index is 0.638. The number of aromatic nitrogens is 1. The van der Waals surface area contributed by atoms with E-state index >= 15 is 0 Å². The number of rotatable bonds is 3. The van der Waals surface area contributed by atoms with Crippen molar-refractivity contribution in [3.05, 3.63) is 16.6 Å². The van der Waals surface area contributed by atoms with Gasteiger partial charge in [-0.2, -0.15) is 0 Å². The van der Waals surface area contributed by atoms with E-state index in [1.165, 1.54) is 11.3 Å². The van der Waals surface area contributed by atoms with Crippen molar-refractivity contribution in [3.8, 4) is 0 Å². The number of aliphatic hydroxyl groups is 1. The Kier molecular flexibility index (Phi) is 2.76. The summed E-state index contributed by atoms with van der Waals surface area (Å²) in [4.78, 5) is 3.90. The minimum atomic E-state index is -0.712. The quantitative estimate of drug-likeness (QED) is 0.424. The summed E-state index contributed by atoms with van der Waals surface area (Å²) in [5, 5.41) is 11.0. The van der Waals surface area contributed by atoms with E-state index in [0.29, 0.717) is 5.69 Å². The van der Waals surface area contributed by atoms with Crippen LogP contribution in [0.1, 0.15) is 11.9 Å². The molecule has 4 nitrogen and oxygen atoms in total. The third-order valence-corrected chi connectivity index (χ3v) is 1.62. The number of hydrogen-bond acceptors (Lipinski definition) is 5. The topological polar surface area (TPSA) is 57.2 Å². The number of nitrogens with one attached hydrogen (secondary N) is 2. The second-order valence-corrected chi connectivity index (χ2v) is 2.43. The summed E-state index contributed by atoms with van der Waals surface area (Å²) in [5.41, 5.74) is 7.53. The Morgan fingerprint density at radius 3 is 3.10 bits per heavy atom. The molecule has 0 amide bonds. The highest BCUT2D eigenvalue weighted by atomic mass is 32.1. The summed E-state index contributed by atoms with van der Waals surface area (Å²) >= 11 is 1.45. The zero-order chi connectivity index (χ0) is 7.40. The fourth-order valence-corrected chi connectivity index (χ4v) is 1.14. The van der Waals surface area contributed by atoms with E-state index in [4.69, 9.17) is 0 Å². The van der Waals surface area contributed by atoms with Crippen LogP contribution in [0, 0.1) is 0 Å². The number of nitrogens with zero attached hydrogens (tertiary/aromatic N) is 1. The molecule has 0 bridgehead atoms. The number of hydrogen-bond donors (Lipinski definition) is 3. The van der Waals surface area contributed by atoms with Crippen molar-refractivity contribution < 1.29 is 5.11 Å². The van der Waals surface area contributed by atoms with Crippen LogP contribution in [0.3, 0.4) is 0 Å². The molecule has 0 saturated heterocycles. The second-order valence-electron chi connectivity index (χ2n) is 1.71. The van der Waals surface area contributed by atoms with Crippen molar-refractivity contribution in [2.45, 2.75) is 6.23 Å². The van der Waals surface area contributed by atoms with E-state index in [1.807, 2.05) is 0 Å². The molecule has 10 heavy (non-hydrogen) atoms. The van der Waals surface area contributed by atoms with Crippen molar-refractivity contribution in [2.75, 3.05) is 7.05 Å². The molecule has 1 unspecified atom stereocenters. The van der Waals surface area contributed by atoms with Crippen molar-refractivity contribution in [1.82, 2.24) is 15.8 Å². The molecule has 0 aromatic carbocycles. The third-order valence-electron chi connectivity index (χ3n) is 1.01. The summed E-state index contributed by atoms with van der Waals surface area (Å²) in [6.07, 6.45) is -0.712. The molecule has 0 radical (unpaired) electrons. The van der Waals surface area contributed by atoms with Crippen molar-refractivity contribution in [3.63, 3.8) is 0 Å². The SMILES string of the molecule is CNNC(O)c1cscn1. The molecule has 1 rings (SSSR count). The van der Waals surface area contributed by atoms with Crippen LogP contribution in [0.25, 0.3) is 0 Å². The lowest BCUT2D eigenvalue weighted by molar-refractivity contribution is 0.121. The van der Waals surface area contributed by atoms with Gasteiger partial charge in [0.05, 0.1) is 11.2 Å². The predicted molar refractivity (Wildman–Crippen MR) is 39.3 cm³/mol. The lowest BCUT2D eigenvalue weighted by Gasteiger charge is -2.07. The lowest BCUT2D eigenvalue weighted by Crippen LogP contribution is -2.31. The first-order chi connectivity index (χ1) is 4.84. The third kappa shape index (κ3) is 1.74. The molecule has 0 aliphatic carbocycles. The van der Waals surface area contributed by atoms with Crippen molar-refractivity contribution in [1.29, 1.82) is 0 Å². The van der Waals surface area contributed by atoms with Crippen LogP contribution in [0.4, 0.5) is 0 Å². The molecule has 0 fully saturated rings. The highest BCUT2D eigenvalue weighted by Gasteiger charge is 2.05. The summed E-state index contributed by atoms with van der Waals surface area (Å²) in [6, 6.07) is 0. The molecule has 0 saturated carbocycles. The fourth-order valence-electron chi connectivity index (χ4n) is 0.568. The van der Waals surface area contributed by atoms with E-state index in [1.54, 1.807) is 17.9 Å². The van der Waals surface area contributed by atoms with Crippen LogP contribution in [0.15, 0.2) is 10.9 Å². The van der Waals surface area contributed by atoms with Gasteiger partial charge in [0.25, 0.3) is 0 Å². The van der Waals surface area contributed by atoms with Gasteiger partial charge in [-0.3, -0.25) is 5.43 Å². The Morgan fingerprint density at radius 1 is 1.80 bits per heavy atom. The minimum Gasteiger partial charge on any atom is -0.371 e. The molecule has 0 aliphatic heterocycles. The van der Waals surface area contributed by atoms with E-state index in [9.17, 15) is 5.11 Å². The first-order valence-electron chi connectivity index (χ1n) is 2.83. The summed E-state index contributed by atoms with van der Waals surface area (Å²) in [6.45, 7) is 0. The van der Waals surface area contributed by atoms with Crippen LogP contribution in [0.2, 0.25) is 0 Å². The standard InChI is InChI=1S/C5H9N3OS/c1-6-8-5(9)4-2-10-3-7-4/h2-3,5-6,8-9H,1H3. The van der Waals surface area contributed by atoms with Gasteiger partial charge >= 0.3 is 0 Å². The molecule has 0 aliphatic rings. The largest absolute Gasteiger partial charge is 0.371 e. The Balaban J connectivity index is 2.50. The van der Waals surface area contributed by atoms with Gasteiger partial charge in [-0.15, -0.1) is 11.3 Å². The van der Waals surface area contributed by atoms with Crippen LogP contribution in [-0.4, -0.2) is 17.1 Å². The average molecular weight is 159 g/mol. The number of thiazole rings is 1. The monoisotopic (exact) mass is 159 g/mol. The fraction of sp³-hybridized carbons (Fsp3) is 0.400. The summed E-state index contributed by atoms with van der Waals surface area (Å²) < 4.78 is 0. The maximum atomic E-state index is 9.18. The zero-order valence-electron chi connectivity index (χ0n) is 5.53. The van der Waals surface area contributed by atoms with Gasteiger partial charge in [0, 0.05) is 5.38 Å². The zero-order valence-corrected chi connectivity index (χ0v) is 6.35. The molecule has 0 spiro atoms. The molecule has 56 valence electrons. The van der Waals surface area contributed by atoms with Gasteiger partial charge in [0.2, 0.25) is 0 Å². The smallest absolute Gasteiger partial charge is 0.161 e. The molecule has 1 heterocycles. The Hall–Kier alpha value is -0.490. The molecule has 5 heteroatoms. The average Bonchev–Trinajstić information content (AvgIpc) is 2.38. The maximum Gasteiger partial charge on any atom is 0.161 e. The summed E-state index contributed by atoms with van der Waals surface area (Å²) in [7, 11) is 1.69. The van der Waals surface area contributed by atoms with E-state index in [-0.39, 0.29) is 0 Å². The molecular weight excluding hydrogens is 150 g/mol. The first-order valence-corrected chi connectivity index (χ1v) is 3.77. The normalized spacial score (nSPS) is 13.4.